The highest BCUT2D eigenvalue weighted by molar-refractivity contribution is 5.78. The van der Waals surface area contributed by atoms with Crippen LogP contribution >= 0.6 is 0 Å². The number of nitrogens with zero attached hydrogens (tertiary/aromatic N) is 3. The van der Waals surface area contributed by atoms with Crippen LogP contribution in [0.15, 0.2) is 6.33 Å². The summed E-state index contributed by atoms with van der Waals surface area (Å²) in [5, 5.41) is 10.6. The van der Waals surface area contributed by atoms with E-state index in [4.69, 9.17) is 5.73 Å². The van der Waals surface area contributed by atoms with E-state index in [0.29, 0.717) is 13.1 Å². The highest BCUT2D eigenvalue weighted by Crippen LogP contribution is 2.05. The molecule has 0 saturated heterocycles. The Hall–Kier alpha value is -1.43. The maximum absolute atomic E-state index is 11.8. The van der Waals surface area contributed by atoms with Crippen molar-refractivity contribution in [2.75, 3.05) is 6.54 Å². The van der Waals surface area contributed by atoms with E-state index in [1.165, 1.54) is 0 Å². The first-order chi connectivity index (χ1) is 8.22. The number of hydrogen-bond acceptors (Lipinski definition) is 4. The average Bonchev–Trinajstić information content (AvgIpc) is 2.80. The van der Waals surface area contributed by atoms with Gasteiger partial charge in [0.1, 0.15) is 6.33 Å². The average molecular weight is 239 g/mol. The van der Waals surface area contributed by atoms with Crippen LogP contribution in [-0.4, -0.2) is 27.2 Å². The zero-order chi connectivity index (χ0) is 12.7. The molecule has 6 nitrogen and oxygen atoms in total. The van der Waals surface area contributed by atoms with Gasteiger partial charge in [-0.3, -0.25) is 4.79 Å². The Bertz CT molecular complexity index is 349. The van der Waals surface area contributed by atoms with Crippen molar-refractivity contribution < 1.29 is 4.79 Å². The first-order valence-electron chi connectivity index (χ1n) is 6.07. The Labute approximate surface area is 102 Å². The third-order valence-electron chi connectivity index (χ3n) is 2.75. The third-order valence-corrected chi connectivity index (χ3v) is 2.75. The number of hydrogen-bond donors (Lipinski definition) is 2. The fraction of sp³-hybridized carbons (Fsp3) is 0.727. The number of carbonyl (C=O) groups excluding carboxylic acids is 1. The van der Waals surface area contributed by atoms with E-state index in [0.717, 1.165) is 25.2 Å². The molecule has 6 heteroatoms. The monoisotopic (exact) mass is 239 g/mol. The largest absolute Gasteiger partial charge is 0.349 e. The minimum Gasteiger partial charge on any atom is -0.349 e. The van der Waals surface area contributed by atoms with Crippen molar-refractivity contribution in [2.24, 2.45) is 11.7 Å². The van der Waals surface area contributed by atoms with Crippen LogP contribution in [-0.2, 0) is 17.9 Å². The molecule has 0 aliphatic rings. The molecule has 1 aromatic rings. The molecule has 1 rings (SSSR count). The molecular formula is C11H21N5O. The van der Waals surface area contributed by atoms with Crippen LogP contribution < -0.4 is 11.1 Å². The summed E-state index contributed by atoms with van der Waals surface area (Å²) in [4.78, 5) is 11.8. The van der Waals surface area contributed by atoms with Gasteiger partial charge in [-0.2, -0.15) is 0 Å². The Balaban J connectivity index is 2.47. The lowest BCUT2D eigenvalue weighted by molar-refractivity contribution is -0.125. The van der Waals surface area contributed by atoms with Crippen LogP contribution in [0.1, 0.15) is 32.5 Å². The molecule has 0 spiro atoms. The number of nitrogens with one attached hydrogen (secondary N) is 1. The number of carbonyl (C=O) groups is 1. The second-order valence-corrected chi connectivity index (χ2v) is 3.97. The lowest BCUT2D eigenvalue weighted by Crippen LogP contribution is -2.35. The fourth-order valence-corrected chi connectivity index (χ4v) is 1.69. The molecule has 1 atom stereocenters. The van der Waals surface area contributed by atoms with Crippen molar-refractivity contribution in [3.8, 4) is 0 Å². The lowest BCUT2D eigenvalue weighted by Gasteiger charge is -2.13. The molecular weight excluding hydrogens is 218 g/mol. The van der Waals surface area contributed by atoms with Gasteiger partial charge in [0.15, 0.2) is 5.82 Å². The molecule has 1 unspecified atom stereocenters. The number of aromatic nitrogens is 3. The summed E-state index contributed by atoms with van der Waals surface area (Å²) >= 11 is 0. The number of aryl methyl sites for hydroxylation is 1. The summed E-state index contributed by atoms with van der Waals surface area (Å²) < 4.78 is 1.90. The summed E-state index contributed by atoms with van der Waals surface area (Å²) in [6.07, 6.45) is 3.44. The molecule has 3 N–H and O–H groups in total. The minimum absolute atomic E-state index is 0.00000283. The number of amides is 1. The topological polar surface area (TPSA) is 85.8 Å². The lowest BCUT2D eigenvalue weighted by atomic mass is 10.0. The highest BCUT2D eigenvalue weighted by Gasteiger charge is 2.15. The van der Waals surface area contributed by atoms with Gasteiger partial charge in [-0.25, -0.2) is 0 Å². The standard InChI is InChI=1S/C11H21N5O/c1-3-5-9(6-12)11(17)13-7-10-15-14-8-16(10)4-2/h8-9H,3-7,12H2,1-2H3,(H,13,17). The Morgan fingerprint density at radius 2 is 2.35 bits per heavy atom. The van der Waals surface area contributed by atoms with Crippen molar-refractivity contribution in [1.82, 2.24) is 20.1 Å². The molecule has 1 heterocycles. The fourth-order valence-electron chi connectivity index (χ4n) is 1.69. The van der Waals surface area contributed by atoms with Gasteiger partial charge in [-0.15, -0.1) is 10.2 Å². The molecule has 0 aliphatic heterocycles. The van der Waals surface area contributed by atoms with E-state index in [1.54, 1.807) is 6.33 Å². The van der Waals surface area contributed by atoms with Crippen LogP contribution in [0.25, 0.3) is 0 Å². The van der Waals surface area contributed by atoms with Gasteiger partial charge >= 0.3 is 0 Å². The maximum Gasteiger partial charge on any atom is 0.224 e. The highest BCUT2D eigenvalue weighted by atomic mass is 16.1. The zero-order valence-corrected chi connectivity index (χ0v) is 10.5. The molecule has 0 fully saturated rings. The van der Waals surface area contributed by atoms with Crippen molar-refractivity contribution in [1.29, 1.82) is 0 Å². The van der Waals surface area contributed by atoms with Crippen molar-refractivity contribution in [3.05, 3.63) is 12.2 Å². The number of rotatable bonds is 7. The maximum atomic E-state index is 11.8. The summed E-state index contributed by atoms with van der Waals surface area (Å²) in [5.74, 6) is 0.672. The van der Waals surface area contributed by atoms with Gasteiger partial charge < -0.3 is 15.6 Å². The smallest absolute Gasteiger partial charge is 0.224 e. The van der Waals surface area contributed by atoms with Gasteiger partial charge in [-0.1, -0.05) is 13.3 Å². The first-order valence-corrected chi connectivity index (χ1v) is 6.07. The van der Waals surface area contributed by atoms with Gasteiger partial charge in [0, 0.05) is 13.1 Å². The second-order valence-electron chi connectivity index (χ2n) is 3.97. The Kier molecular flexibility index (Phi) is 5.62. The van der Waals surface area contributed by atoms with E-state index in [-0.39, 0.29) is 11.8 Å². The van der Waals surface area contributed by atoms with Crippen LogP contribution in [0.3, 0.4) is 0 Å². The van der Waals surface area contributed by atoms with Crippen LogP contribution in [0.5, 0.6) is 0 Å². The summed E-state index contributed by atoms with van der Waals surface area (Å²) in [5.41, 5.74) is 5.57. The van der Waals surface area contributed by atoms with E-state index < -0.39 is 0 Å². The third kappa shape index (κ3) is 3.81. The van der Waals surface area contributed by atoms with Gasteiger partial charge in [0.25, 0.3) is 0 Å². The van der Waals surface area contributed by atoms with Crippen molar-refractivity contribution in [3.63, 3.8) is 0 Å². The molecule has 0 aliphatic carbocycles. The second kappa shape index (κ2) is 7.01. The summed E-state index contributed by atoms with van der Waals surface area (Å²) in [6.45, 7) is 5.65. The molecule has 1 aromatic heterocycles. The van der Waals surface area contributed by atoms with Crippen LogP contribution in [0.2, 0.25) is 0 Å². The van der Waals surface area contributed by atoms with Crippen LogP contribution in [0.4, 0.5) is 0 Å². The number of nitrogens with two attached hydrogens (primary N) is 1. The molecule has 0 saturated carbocycles. The van der Waals surface area contributed by atoms with Crippen molar-refractivity contribution in [2.45, 2.75) is 39.8 Å². The van der Waals surface area contributed by atoms with Gasteiger partial charge in [0.2, 0.25) is 5.91 Å². The normalized spacial score (nSPS) is 12.4. The van der Waals surface area contributed by atoms with E-state index >= 15 is 0 Å². The predicted molar refractivity (Wildman–Crippen MR) is 65.0 cm³/mol. The van der Waals surface area contributed by atoms with Crippen LogP contribution in [0, 0.1) is 5.92 Å². The Morgan fingerprint density at radius 1 is 1.59 bits per heavy atom. The summed E-state index contributed by atoms with van der Waals surface area (Å²) in [7, 11) is 0. The predicted octanol–water partition coefficient (Wildman–Crippen LogP) is 0.289. The minimum atomic E-state index is -0.0991. The first kappa shape index (κ1) is 13.6. The molecule has 0 bridgehead atoms. The zero-order valence-electron chi connectivity index (χ0n) is 10.5. The molecule has 1 amide bonds. The van der Waals surface area contributed by atoms with E-state index in [9.17, 15) is 4.79 Å². The van der Waals surface area contributed by atoms with Crippen molar-refractivity contribution >= 4 is 5.91 Å². The molecule has 0 aromatic carbocycles. The van der Waals surface area contributed by atoms with E-state index in [2.05, 4.69) is 15.5 Å². The SMILES string of the molecule is CCCC(CN)C(=O)NCc1nncn1CC. The molecule has 96 valence electrons. The molecule has 0 radical (unpaired) electrons. The van der Waals surface area contributed by atoms with E-state index in [1.807, 2.05) is 18.4 Å². The van der Waals surface area contributed by atoms with Gasteiger partial charge in [-0.05, 0) is 13.3 Å². The Morgan fingerprint density at radius 3 is 2.94 bits per heavy atom. The summed E-state index contributed by atoms with van der Waals surface area (Å²) in [6, 6.07) is 0. The quantitative estimate of drug-likeness (QED) is 0.716. The molecule has 17 heavy (non-hydrogen) atoms. The van der Waals surface area contributed by atoms with Gasteiger partial charge in [0.05, 0.1) is 12.5 Å².